The molecule has 1 aromatic carbocycles. The highest BCUT2D eigenvalue weighted by atomic mass is 16.7. The van der Waals surface area contributed by atoms with Crippen molar-refractivity contribution in [2.45, 2.75) is 57.1 Å². The Kier molecular flexibility index (Phi) is 7.64. The third kappa shape index (κ3) is 5.89. The van der Waals surface area contributed by atoms with Gasteiger partial charge in [-0.25, -0.2) is 4.79 Å². The average molecular weight is 473 g/mol. The van der Waals surface area contributed by atoms with Crippen molar-refractivity contribution in [1.82, 2.24) is 15.1 Å². The van der Waals surface area contributed by atoms with E-state index in [0.29, 0.717) is 6.79 Å². The molecule has 0 radical (unpaired) electrons. The van der Waals surface area contributed by atoms with Crippen molar-refractivity contribution >= 4 is 11.8 Å². The number of fused-ring (bicyclic) bond motifs is 1. The van der Waals surface area contributed by atoms with Crippen LogP contribution in [0.3, 0.4) is 0 Å². The van der Waals surface area contributed by atoms with Gasteiger partial charge < -0.3 is 29.3 Å². The Morgan fingerprint density at radius 1 is 1.00 bits per heavy atom. The van der Waals surface area contributed by atoms with E-state index in [0.717, 1.165) is 88.1 Å². The van der Waals surface area contributed by atoms with Gasteiger partial charge in [-0.05, 0) is 76.6 Å². The van der Waals surface area contributed by atoms with Crippen molar-refractivity contribution < 1.29 is 19.0 Å². The molecule has 1 N–H and O–H groups in total. The summed E-state index contributed by atoms with van der Waals surface area (Å²) in [6.45, 7) is 7.73. The molecule has 3 heterocycles. The molecule has 8 heteroatoms. The summed E-state index contributed by atoms with van der Waals surface area (Å²) in [5.74, 6) is 2.53. The first-order valence-corrected chi connectivity index (χ1v) is 13.2. The lowest BCUT2D eigenvalue weighted by Gasteiger charge is -2.37. The summed E-state index contributed by atoms with van der Waals surface area (Å²) in [6, 6.07) is 6.44. The lowest BCUT2D eigenvalue weighted by molar-refractivity contribution is 0.0536. The highest BCUT2D eigenvalue weighted by Gasteiger charge is 2.27. The van der Waals surface area contributed by atoms with Crippen LogP contribution in [0.1, 0.15) is 44.9 Å². The van der Waals surface area contributed by atoms with Gasteiger partial charge in [-0.15, -0.1) is 0 Å². The molecule has 1 aliphatic carbocycles. The van der Waals surface area contributed by atoms with E-state index < -0.39 is 0 Å². The van der Waals surface area contributed by atoms with Crippen LogP contribution in [0, 0.1) is 5.92 Å². The summed E-state index contributed by atoms with van der Waals surface area (Å²) in [5, 5.41) is 3.13. The first-order chi connectivity index (χ1) is 16.6. The lowest BCUT2D eigenvalue weighted by Crippen LogP contribution is -2.47. The molecule has 0 atom stereocenters. The van der Waals surface area contributed by atoms with Crippen LogP contribution in [0.25, 0.3) is 0 Å². The highest BCUT2D eigenvalue weighted by molar-refractivity contribution is 5.68. The predicted molar refractivity (Wildman–Crippen MR) is 132 cm³/mol. The molecule has 0 unspecified atom stereocenters. The van der Waals surface area contributed by atoms with Gasteiger partial charge in [0.2, 0.25) is 6.79 Å². The quantitative estimate of drug-likeness (QED) is 0.681. The van der Waals surface area contributed by atoms with E-state index in [1.54, 1.807) is 0 Å². The lowest BCUT2D eigenvalue weighted by atomic mass is 9.84. The smallest absolute Gasteiger partial charge is 0.407 e. The van der Waals surface area contributed by atoms with Crippen molar-refractivity contribution in [2.75, 3.05) is 64.6 Å². The fourth-order valence-corrected chi connectivity index (χ4v) is 5.79. The van der Waals surface area contributed by atoms with E-state index in [1.165, 1.54) is 25.8 Å². The maximum Gasteiger partial charge on any atom is 0.407 e. The molecule has 5 rings (SSSR count). The number of carbonyl (C=O) groups excluding carboxylic acids is 1. The molecular formula is C26H40N4O4. The Morgan fingerprint density at radius 2 is 1.76 bits per heavy atom. The number of nitrogens with zero attached hydrogens (tertiary/aromatic N) is 3. The zero-order valence-corrected chi connectivity index (χ0v) is 20.5. The van der Waals surface area contributed by atoms with Crippen molar-refractivity contribution in [3.63, 3.8) is 0 Å². The number of alkyl carbamates (subject to hydrolysis) is 1. The second-order valence-electron chi connectivity index (χ2n) is 10.4. The van der Waals surface area contributed by atoms with Crippen LogP contribution < -0.4 is 19.7 Å². The number of piperazine rings is 1. The maximum atomic E-state index is 12.3. The number of hydrogen-bond donors (Lipinski definition) is 1. The van der Waals surface area contributed by atoms with Crippen LogP contribution in [0.4, 0.5) is 10.5 Å². The van der Waals surface area contributed by atoms with Gasteiger partial charge in [0, 0.05) is 45.3 Å². The molecule has 1 saturated carbocycles. The van der Waals surface area contributed by atoms with Crippen molar-refractivity contribution in [2.24, 2.45) is 5.92 Å². The normalized spacial score (nSPS) is 26.4. The second-order valence-corrected chi connectivity index (χ2v) is 10.4. The van der Waals surface area contributed by atoms with E-state index in [1.807, 2.05) is 6.07 Å². The number of para-hydroxylation sites is 1. The zero-order chi connectivity index (χ0) is 23.3. The Labute approximate surface area is 203 Å². The van der Waals surface area contributed by atoms with E-state index >= 15 is 0 Å². The second kappa shape index (κ2) is 11.0. The first-order valence-electron chi connectivity index (χ1n) is 13.2. The molecule has 188 valence electrons. The van der Waals surface area contributed by atoms with Gasteiger partial charge >= 0.3 is 6.09 Å². The Bertz CT molecular complexity index is 813. The molecule has 0 aromatic heterocycles. The van der Waals surface area contributed by atoms with Gasteiger partial charge in [0.1, 0.15) is 6.10 Å². The van der Waals surface area contributed by atoms with Gasteiger partial charge in [0.25, 0.3) is 0 Å². The largest absolute Gasteiger partial charge is 0.454 e. The Morgan fingerprint density at radius 3 is 2.53 bits per heavy atom. The van der Waals surface area contributed by atoms with E-state index in [2.05, 4.69) is 39.2 Å². The molecule has 0 spiro atoms. The summed E-state index contributed by atoms with van der Waals surface area (Å²) >= 11 is 0. The van der Waals surface area contributed by atoms with Crippen LogP contribution >= 0.6 is 0 Å². The molecule has 1 amide bonds. The number of rotatable bonds is 6. The molecule has 0 bridgehead atoms. The van der Waals surface area contributed by atoms with Gasteiger partial charge in [-0.1, -0.05) is 6.07 Å². The highest BCUT2D eigenvalue weighted by Crippen LogP contribution is 2.41. The van der Waals surface area contributed by atoms with Crippen molar-refractivity contribution in [1.29, 1.82) is 0 Å². The molecule has 2 saturated heterocycles. The van der Waals surface area contributed by atoms with Gasteiger partial charge in [-0.3, -0.25) is 4.90 Å². The summed E-state index contributed by atoms with van der Waals surface area (Å²) in [7, 11) is 2.12. The number of nitrogens with one attached hydrogen (secondary N) is 1. The summed E-state index contributed by atoms with van der Waals surface area (Å²) in [4.78, 5) is 19.6. The van der Waals surface area contributed by atoms with Gasteiger partial charge in [-0.2, -0.15) is 0 Å². The van der Waals surface area contributed by atoms with E-state index in [4.69, 9.17) is 14.2 Å². The SMILES string of the molecule is CN1CCC(OC(=O)N[C@H]2CC[C@H](CCN3CCN(c4cccc5c4OCO5)CC3)CC2)CC1. The minimum absolute atomic E-state index is 0.0803. The van der Waals surface area contributed by atoms with E-state index in [9.17, 15) is 4.79 Å². The third-order valence-corrected chi connectivity index (χ3v) is 8.05. The van der Waals surface area contributed by atoms with Crippen LogP contribution in [0.5, 0.6) is 11.5 Å². The van der Waals surface area contributed by atoms with Gasteiger partial charge in [0.05, 0.1) is 5.69 Å². The molecule has 34 heavy (non-hydrogen) atoms. The first kappa shape index (κ1) is 23.5. The number of anilines is 1. The number of carbonyl (C=O) groups is 1. The molecule has 4 aliphatic rings. The monoisotopic (exact) mass is 472 g/mol. The molecule has 3 aliphatic heterocycles. The number of likely N-dealkylation sites (tertiary alicyclic amines) is 1. The summed E-state index contributed by atoms with van der Waals surface area (Å²) < 4.78 is 16.9. The minimum atomic E-state index is -0.211. The standard InChI is InChI=1S/C26H40N4O4/c1-28-12-10-22(11-13-28)34-26(31)27-21-7-5-20(6-8-21)9-14-29-15-17-30(18-16-29)23-3-2-4-24-25(23)33-19-32-24/h2-4,20-22H,5-19H2,1H3,(H,27,31)/t20-,21-. The van der Waals surface area contributed by atoms with Crippen molar-refractivity contribution in [3.05, 3.63) is 18.2 Å². The topological polar surface area (TPSA) is 66.5 Å². The molecule has 1 aromatic rings. The van der Waals surface area contributed by atoms with Crippen molar-refractivity contribution in [3.8, 4) is 11.5 Å². The Balaban J connectivity index is 0.972. The fourth-order valence-electron chi connectivity index (χ4n) is 5.79. The summed E-state index contributed by atoms with van der Waals surface area (Å²) in [5.41, 5.74) is 1.16. The number of hydrogen-bond acceptors (Lipinski definition) is 7. The molecular weight excluding hydrogens is 432 g/mol. The predicted octanol–water partition coefficient (Wildman–Crippen LogP) is 3.31. The average Bonchev–Trinajstić information content (AvgIpc) is 3.35. The number of piperidine rings is 1. The summed E-state index contributed by atoms with van der Waals surface area (Å²) in [6.07, 6.45) is 7.56. The number of benzene rings is 1. The maximum absolute atomic E-state index is 12.3. The number of ether oxygens (including phenoxy) is 3. The minimum Gasteiger partial charge on any atom is -0.454 e. The number of amides is 1. The zero-order valence-electron chi connectivity index (χ0n) is 20.5. The van der Waals surface area contributed by atoms with E-state index in [-0.39, 0.29) is 18.2 Å². The molecule has 8 nitrogen and oxygen atoms in total. The third-order valence-electron chi connectivity index (χ3n) is 8.05. The van der Waals surface area contributed by atoms with Crippen LogP contribution in [-0.4, -0.2) is 87.7 Å². The fraction of sp³-hybridized carbons (Fsp3) is 0.731. The van der Waals surface area contributed by atoms with Crippen LogP contribution in [-0.2, 0) is 4.74 Å². The Hall–Kier alpha value is -2.19. The van der Waals surface area contributed by atoms with Gasteiger partial charge in [0.15, 0.2) is 11.5 Å². The van der Waals surface area contributed by atoms with Crippen LogP contribution in [0.15, 0.2) is 18.2 Å². The molecule has 3 fully saturated rings. The van der Waals surface area contributed by atoms with Crippen LogP contribution in [0.2, 0.25) is 0 Å².